The predicted molar refractivity (Wildman–Crippen MR) is 79.3 cm³/mol. The summed E-state index contributed by atoms with van der Waals surface area (Å²) in [7, 11) is -3.63. The Morgan fingerprint density at radius 2 is 1.76 bits per heavy atom. The van der Waals surface area contributed by atoms with E-state index in [-0.39, 0.29) is 16.6 Å². The first-order valence-electron chi connectivity index (χ1n) is 6.84. The number of hydrogen-bond donors (Lipinski definition) is 2. The summed E-state index contributed by atoms with van der Waals surface area (Å²) in [6.07, 6.45) is 1.10. The van der Waals surface area contributed by atoms with Crippen molar-refractivity contribution in [2.75, 3.05) is 13.1 Å². The lowest BCUT2D eigenvalue weighted by Crippen LogP contribution is -2.41. The van der Waals surface area contributed by atoms with Gasteiger partial charge in [-0.2, -0.15) is 4.31 Å². The first-order valence-corrected chi connectivity index (χ1v) is 8.28. The molecule has 0 saturated carbocycles. The third-order valence-corrected chi connectivity index (χ3v) is 6.12. The van der Waals surface area contributed by atoms with Crippen LogP contribution in [-0.4, -0.2) is 31.6 Å². The molecule has 21 heavy (non-hydrogen) atoms. The van der Waals surface area contributed by atoms with Gasteiger partial charge in [-0.25, -0.2) is 12.8 Å². The van der Waals surface area contributed by atoms with Crippen molar-refractivity contribution >= 4 is 15.9 Å². The molecule has 0 aliphatic carbocycles. The van der Waals surface area contributed by atoms with Crippen LogP contribution >= 0.6 is 0 Å². The third-order valence-electron chi connectivity index (χ3n) is 3.92. The lowest BCUT2D eigenvalue weighted by molar-refractivity contribution is 0.314. The van der Waals surface area contributed by atoms with Gasteiger partial charge in [-0.05, 0) is 49.9 Å². The lowest BCUT2D eigenvalue weighted by Gasteiger charge is -2.31. The Bertz CT molecular complexity index is 642. The first-order chi connectivity index (χ1) is 9.73. The van der Waals surface area contributed by atoms with Crippen LogP contribution in [0.3, 0.4) is 0 Å². The second-order valence-corrected chi connectivity index (χ2v) is 7.38. The number of nitrogens with one attached hydrogen (secondary N) is 1. The van der Waals surface area contributed by atoms with Gasteiger partial charge in [0.1, 0.15) is 5.82 Å². The van der Waals surface area contributed by atoms with Crippen LogP contribution in [0.5, 0.6) is 0 Å². The zero-order valence-electron chi connectivity index (χ0n) is 12.2. The largest absolute Gasteiger partial charge is 0.387 e. The number of amidine groups is 1. The van der Waals surface area contributed by atoms with E-state index in [1.165, 1.54) is 16.4 Å². The highest BCUT2D eigenvalue weighted by molar-refractivity contribution is 7.89. The molecule has 0 spiro atoms. The van der Waals surface area contributed by atoms with Crippen LogP contribution in [0.15, 0.2) is 17.0 Å². The van der Waals surface area contributed by atoms with Gasteiger partial charge in [-0.3, -0.25) is 5.41 Å². The van der Waals surface area contributed by atoms with E-state index in [4.69, 9.17) is 11.1 Å². The van der Waals surface area contributed by atoms with Gasteiger partial charge in [-0.15, -0.1) is 0 Å². The van der Waals surface area contributed by atoms with Gasteiger partial charge < -0.3 is 5.73 Å². The summed E-state index contributed by atoms with van der Waals surface area (Å²) in [4.78, 5) is 0.185. The Balaban J connectivity index is 2.30. The van der Waals surface area contributed by atoms with Crippen LogP contribution in [-0.2, 0) is 10.0 Å². The number of aryl methyl sites for hydroxylation is 2. The molecule has 1 heterocycles. The number of halogens is 1. The molecule has 0 atom stereocenters. The zero-order chi connectivity index (χ0) is 15.8. The molecule has 0 aromatic heterocycles. The molecule has 1 fully saturated rings. The van der Waals surface area contributed by atoms with Crippen molar-refractivity contribution in [1.29, 1.82) is 5.41 Å². The minimum absolute atomic E-state index is 0.0492. The van der Waals surface area contributed by atoms with Crippen molar-refractivity contribution in [3.05, 3.63) is 29.1 Å². The molecule has 1 aromatic rings. The van der Waals surface area contributed by atoms with Crippen LogP contribution in [0.2, 0.25) is 0 Å². The van der Waals surface area contributed by atoms with E-state index >= 15 is 0 Å². The van der Waals surface area contributed by atoms with Crippen molar-refractivity contribution in [3.63, 3.8) is 0 Å². The predicted octanol–water partition coefficient (Wildman–Crippen LogP) is 1.78. The maximum Gasteiger partial charge on any atom is 0.243 e. The zero-order valence-corrected chi connectivity index (χ0v) is 13.0. The molecule has 0 unspecified atom stereocenters. The van der Waals surface area contributed by atoms with E-state index in [1.807, 2.05) is 0 Å². The van der Waals surface area contributed by atoms with Crippen LogP contribution in [0.25, 0.3) is 0 Å². The van der Waals surface area contributed by atoms with E-state index < -0.39 is 15.8 Å². The highest BCUT2D eigenvalue weighted by atomic mass is 32.2. The molecule has 1 aliphatic rings. The maximum atomic E-state index is 13.3. The highest BCUT2D eigenvalue weighted by Crippen LogP contribution is 2.28. The summed E-state index contributed by atoms with van der Waals surface area (Å²) in [6.45, 7) is 3.88. The highest BCUT2D eigenvalue weighted by Gasteiger charge is 2.32. The number of hydrogen-bond acceptors (Lipinski definition) is 3. The van der Waals surface area contributed by atoms with Crippen molar-refractivity contribution in [2.24, 2.45) is 11.7 Å². The van der Waals surface area contributed by atoms with Crippen LogP contribution in [0, 0.1) is 31.0 Å². The molecule has 7 heteroatoms. The summed E-state index contributed by atoms with van der Waals surface area (Å²) in [5.41, 5.74) is 6.31. The molecular formula is C14H20FN3O2S. The van der Waals surface area contributed by atoms with Crippen molar-refractivity contribution < 1.29 is 12.8 Å². The summed E-state index contributed by atoms with van der Waals surface area (Å²) >= 11 is 0. The minimum atomic E-state index is -3.63. The summed E-state index contributed by atoms with van der Waals surface area (Å²) in [5.74, 6) is -0.368. The second kappa shape index (κ2) is 5.73. The summed E-state index contributed by atoms with van der Waals surface area (Å²) in [5, 5.41) is 7.43. The monoisotopic (exact) mass is 313 g/mol. The van der Waals surface area contributed by atoms with Gasteiger partial charge in [0.2, 0.25) is 10.0 Å². The molecule has 0 radical (unpaired) electrons. The van der Waals surface area contributed by atoms with Crippen LogP contribution in [0.4, 0.5) is 4.39 Å². The van der Waals surface area contributed by atoms with E-state index in [0.717, 1.165) is 0 Å². The van der Waals surface area contributed by atoms with Gasteiger partial charge in [0.25, 0.3) is 0 Å². The number of sulfonamides is 1. The molecular weight excluding hydrogens is 293 g/mol. The Hall–Kier alpha value is -1.47. The van der Waals surface area contributed by atoms with Crippen molar-refractivity contribution in [1.82, 2.24) is 4.31 Å². The summed E-state index contributed by atoms with van der Waals surface area (Å²) in [6, 6.07) is 2.48. The quantitative estimate of drug-likeness (QED) is 0.658. The molecule has 1 aromatic carbocycles. The van der Waals surface area contributed by atoms with Gasteiger partial charge in [-0.1, -0.05) is 0 Å². The normalized spacial score (nSPS) is 17.9. The SMILES string of the molecule is Cc1cc(F)cc(C)c1S(=O)(=O)N1CCC(C(=N)N)CC1. The van der Waals surface area contributed by atoms with E-state index in [2.05, 4.69) is 0 Å². The van der Waals surface area contributed by atoms with Crippen molar-refractivity contribution in [2.45, 2.75) is 31.6 Å². The Morgan fingerprint density at radius 3 is 2.19 bits per heavy atom. The van der Waals surface area contributed by atoms with Crippen LogP contribution in [0.1, 0.15) is 24.0 Å². The third kappa shape index (κ3) is 3.08. The Kier molecular flexibility index (Phi) is 4.34. The van der Waals surface area contributed by atoms with Gasteiger partial charge in [0, 0.05) is 19.0 Å². The van der Waals surface area contributed by atoms with Crippen molar-refractivity contribution in [3.8, 4) is 0 Å². The number of rotatable bonds is 3. The molecule has 5 nitrogen and oxygen atoms in total. The number of nitrogens with two attached hydrogens (primary N) is 1. The van der Waals surface area contributed by atoms with E-state index in [0.29, 0.717) is 37.1 Å². The standard InChI is InChI=1S/C14H20FN3O2S/c1-9-7-12(15)8-10(2)13(9)21(19,20)18-5-3-11(4-6-18)14(16)17/h7-8,11H,3-6H2,1-2H3,(H3,16,17). The number of benzene rings is 1. The Labute approximate surface area is 124 Å². The maximum absolute atomic E-state index is 13.3. The van der Waals surface area contributed by atoms with Gasteiger partial charge in [0.05, 0.1) is 10.7 Å². The molecule has 0 bridgehead atoms. The fraction of sp³-hybridized carbons (Fsp3) is 0.500. The molecule has 1 aliphatic heterocycles. The molecule has 3 N–H and O–H groups in total. The topological polar surface area (TPSA) is 87.2 Å². The lowest BCUT2D eigenvalue weighted by atomic mass is 9.97. The minimum Gasteiger partial charge on any atom is -0.387 e. The fourth-order valence-electron chi connectivity index (χ4n) is 2.84. The number of nitrogens with zero attached hydrogens (tertiary/aromatic N) is 1. The van der Waals surface area contributed by atoms with E-state index in [1.54, 1.807) is 13.8 Å². The fourth-order valence-corrected chi connectivity index (χ4v) is 4.72. The average Bonchev–Trinajstić information content (AvgIpc) is 2.37. The average molecular weight is 313 g/mol. The molecule has 2 rings (SSSR count). The second-order valence-electron chi connectivity index (χ2n) is 5.50. The van der Waals surface area contributed by atoms with E-state index in [9.17, 15) is 12.8 Å². The molecule has 116 valence electrons. The number of piperidine rings is 1. The van der Waals surface area contributed by atoms with Gasteiger partial charge >= 0.3 is 0 Å². The van der Waals surface area contributed by atoms with Crippen LogP contribution < -0.4 is 5.73 Å². The summed E-state index contributed by atoms with van der Waals surface area (Å²) < 4.78 is 40.2. The molecule has 1 saturated heterocycles. The Morgan fingerprint density at radius 1 is 1.29 bits per heavy atom. The molecule has 0 amide bonds. The van der Waals surface area contributed by atoms with Gasteiger partial charge in [0.15, 0.2) is 0 Å². The first kappa shape index (κ1) is 15.9. The smallest absolute Gasteiger partial charge is 0.243 e.